The highest BCUT2D eigenvalue weighted by Gasteiger charge is 2.17. The Bertz CT molecular complexity index is 2120. The van der Waals surface area contributed by atoms with Crippen LogP contribution in [-0.4, -0.2) is 42.7 Å². The first kappa shape index (κ1) is 44.8. The van der Waals surface area contributed by atoms with Gasteiger partial charge in [0.25, 0.3) is 0 Å². The summed E-state index contributed by atoms with van der Waals surface area (Å²) < 4.78 is 32.2. The smallest absolute Gasteiger partial charge is 0.124 e. The molecule has 0 aliphatic rings. The second-order valence-corrected chi connectivity index (χ2v) is 14.8. The Hall–Kier alpha value is -5.88. The van der Waals surface area contributed by atoms with Crippen LogP contribution in [0.15, 0.2) is 84.9 Å². The maximum Gasteiger partial charge on any atom is 0.124 e. The Morgan fingerprint density at radius 1 is 0.259 bits per heavy atom. The third-order valence-electron chi connectivity index (χ3n) is 10.9. The third kappa shape index (κ3) is 9.97. The van der Waals surface area contributed by atoms with Crippen LogP contribution in [-0.2, 0) is 0 Å². The molecule has 0 saturated heterocycles. The first-order valence-electron chi connectivity index (χ1n) is 19.5. The molecule has 0 atom stereocenters. The second kappa shape index (κ2) is 20.0. The summed E-state index contributed by atoms with van der Waals surface area (Å²) in [4.78, 5) is 0. The zero-order chi connectivity index (χ0) is 42.8. The van der Waals surface area contributed by atoms with Gasteiger partial charge in [0.1, 0.15) is 34.5 Å². The van der Waals surface area contributed by atoms with E-state index in [1.165, 1.54) is 66.8 Å². The molecular formula is C52H62O6. The Morgan fingerprint density at radius 2 is 0.517 bits per heavy atom. The van der Waals surface area contributed by atoms with Gasteiger partial charge in [-0.2, -0.15) is 0 Å². The highest BCUT2D eigenvalue weighted by atomic mass is 16.5. The van der Waals surface area contributed by atoms with Crippen molar-refractivity contribution in [3.63, 3.8) is 0 Å². The van der Waals surface area contributed by atoms with Gasteiger partial charge in [-0.1, -0.05) is 24.3 Å². The topological polar surface area (TPSA) is 55.4 Å². The second-order valence-electron chi connectivity index (χ2n) is 14.8. The first-order chi connectivity index (χ1) is 27.6. The molecule has 0 heterocycles. The zero-order valence-electron chi connectivity index (χ0n) is 37.5. The Kier molecular flexibility index (Phi) is 15.5. The van der Waals surface area contributed by atoms with E-state index >= 15 is 0 Å². The van der Waals surface area contributed by atoms with Gasteiger partial charge in [-0.15, -0.1) is 0 Å². The van der Waals surface area contributed by atoms with Crippen LogP contribution < -0.4 is 28.4 Å². The van der Waals surface area contributed by atoms with Crippen LogP contribution >= 0.6 is 0 Å². The number of aryl methyl sites for hydroxylation is 6. The molecular weight excluding hydrogens is 721 g/mol. The van der Waals surface area contributed by atoms with E-state index in [1.807, 2.05) is 48.5 Å². The van der Waals surface area contributed by atoms with Crippen molar-refractivity contribution in [2.24, 2.45) is 0 Å². The van der Waals surface area contributed by atoms with E-state index in [1.54, 1.807) is 42.7 Å². The number of hydrogen-bond donors (Lipinski definition) is 0. The fraction of sp³-hybridized carbons (Fsp3) is 0.308. The molecule has 0 aliphatic carbocycles. The summed E-state index contributed by atoms with van der Waals surface area (Å²) in [5.41, 5.74) is 19.3. The summed E-state index contributed by atoms with van der Waals surface area (Å²) in [5, 5.41) is 0. The molecule has 306 valence electrons. The minimum atomic E-state index is 0.872. The van der Waals surface area contributed by atoms with Crippen molar-refractivity contribution in [2.75, 3.05) is 42.7 Å². The lowest BCUT2D eigenvalue weighted by Gasteiger charge is -2.20. The lowest BCUT2D eigenvalue weighted by Crippen LogP contribution is -2.00. The van der Waals surface area contributed by atoms with Crippen molar-refractivity contribution in [1.29, 1.82) is 0 Å². The van der Waals surface area contributed by atoms with E-state index in [0.717, 1.165) is 56.8 Å². The fourth-order valence-corrected chi connectivity index (χ4v) is 7.75. The molecule has 0 radical (unpaired) electrons. The Balaban J connectivity index is 0.000000195. The van der Waals surface area contributed by atoms with E-state index in [9.17, 15) is 0 Å². The van der Waals surface area contributed by atoms with Crippen LogP contribution in [0.4, 0.5) is 0 Å². The van der Waals surface area contributed by atoms with Crippen molar-refractivity contribution in [3.05, 3.63) is 141 Å². The van der Waals surface area contributed by atoms with Gasteiger partial charge in [-0.3, -0.25) is 0 Å². The van der Waals surface area contributed by atoms with Gasteiger partial charge in [-0.25, -0.2) is 0 Å². The van der Waals surface area contributed by atoms with Crippen LogP contribution in [0.3, 0.4) is 0 Å². The molecule has 0 saturated carbocycles. The van der Waals surface area contributed by atoms with Gasteiger partial charge in [0.15, 0.2) is 0 Å². The molecule has 58 heavy (non-hydrogen) atoms. The van der Waals surface area contributed by atoms with Crippen molar-refractivity contribution >= 4 is 0 Å². The summed E-state index contributed by atoms with van der Waals surface area (Å²) in [5.74, 6) is 5.66. The summed E-state index contributed by atoms with van der Waals surface area (Å²) in [6.07, 6.45) is 0. The van der Waals surface area contributed by atoms with E-state index in [-0.39, 0.29) is 0 Å². The van der Waals surface area contributed by atoms with Gasteiger partial charge in [0, 0.05) is 0 Å². The lowest BCUT2D eigenvalue weighted by atomic mass is 9.88. The first-order valence-corrected chi connectivity index (χ1v) is 19.5. The highest BCUT2D eigenvalue weighted by molar-refractivity contribution is 5.77. The zero-order valence-corrected chi connectivity index (χ0v) is 37.5. The largest absolute Gasteiger partial charge is 0.497 e. The molecule has 6 heteroatoms. The van der Waals surface area contributed by atoms with Crippen LogP contribution in [0, 0.1) is 69.2 Å². The van der Waals surface area contributed by atoms with Crippen molar-refractivity contribution < 1.29 is 28.4 Å². The van der Waals surface area contributed by atoms with Gasteiger partial charge in [0.2, 0.25) is 0 Å². The Morgan fingerprint density at radius 3 is 0.759 bits per heavy atom. The predicted molar refractivity (Wildman–Crippen MR) is 242 cm³/mol. The van der Waals surface area contributed by atoms with E-state index in [4.69, 9.17) is 28.4 Å². The number of benzene rings is 6. The average molecular weight is 783 g/mol. The van der Waals surface area contributed by atoms with Gasteiger partial charge in [0.05, 0.1) is 42.7 Å². The molecule has 0 N–H and O–H groups in total. The summed E-state index contributed by atoms with van der Waals surface area (Å²) in [6.45, 7) is 21.1. The molecule has 0 amide bonds. The summed E-state index contributed by atoms with van der Waals surface area (Å²) in [6, 6.07) is 29.2. The van der Waals surface area contributed by atoms with Crippen LogP contribution in [0.1, 0.15) is 55.6 Å². The molecule has 0 unspecified atom stereocenters. The minimum absolute atomic E-state index is 0.872. The molecule has 6 rings (SSSR count). The number of hydrogen-bond acceptors (Lipinski definition) is 6. The molecule has 6 nitrogen and oxygen atoms in total. The number of methoxy groups -OCH3 is 6. The average Bonchev–Trinajstić information content (AvgIpc) is 3.21. The summed E-state index contributed by atoms with van der Waals surface area (Å²) >= 11 is 0. The number of rotatable bonds is 9. The van der Waals surface area contributed by atoms with Gasteiger partial charge < -0.3 is 28.4 Å². The molecule has 0 bridgehead atoms. The fourth-order valence-electron chi connectivity index (χ4n) is 7.75. The van der Waals surface area contributed by atoms with Crippen molar-refractivity contribution in [1.82, 2.24) is 0 Å². The van der Waals surface area contributed by atoms with Gasteiger partial charge in [-0.05, 0) is 219 Å². The standard InChI is InChI=1S/C20H26O2.C18H22O2.C14H14O2/c1-11-9-17(13(3)15(5)19(11)21-7)18-10-12(2)20(22-8)16(6)14(18)4;1-11-7-15(8-12(2)17(11)19-5)16-9-13(3)18(20-6)14(4)10-16;1-15-13-7-3-11(4-8-13)12-5-9-14(16-2)10-6-12/h9-10H,1-8H3;7-10H,1-6H3;3-10H,1-2H3. The predicted octanol–water partition coefficient (Wildman–Crippen LogP) is 13.2. The maximum atomic E-state index is 5.54. The summed E-state index contributed by atoms with van der Waals surface area (Å²) in [7, 11) is 10.3. The molecule has 0 spiro atoms. The molecule has 6 aromatic rings. The Labute approximate surface area is 347 Å². The molecule has 0 aliphatic heterocycles. The quantitative estimate of drug-likeness (QED) is 0.146. The SMILES string of the molecule is COc1c(C)cc(-c2cc(C)c(OC)c(C)c2)cc1C.COc1c(C)cc(-c2cc(C)c(OC)c(C)c2C)c(C)c1C.COc1ccc(-c2ccc(OC)cc2)cc1. The molecule has 6 aromatic carbocycles. The van der Waals surface area contributed by atoms with Crippen LogP contribution in [0.5, 0.6) is 34.5 Å². The lowest BCUT2D eigenvalue weighted by molar-refractivity contribution is 0.408. The van der Waals surface area contributed by atoms with Crippen molar-refractivity contribution in [3.8, 4) is 67.9 Å². The molecule has 0 aromatic heterocycles. The monoisotopic (exact) mass is 782 g/mol. The van der Waals surface area contributed by atoms with Gasteiger partial charge >= 0.3 is 0 Å². The van der Waals surface area contributed by atoms with E-state index in [0.29, 0.717) is 0 Å². The number of ether oxygens (including phenoxy) is 6. The maximum absolute atomic E-state index is 5.54. The minimum Gasteiger partial charge on any atom is -0.497 e. The highest BCUT2D eigenvalue weighted by Crippen LogP contribution is 2.40. The van der Waals surface area contributed by atoms with E-state index < -0.39 is 0 Å². The van der Waals surface area contributed by atoms with E-state index in [2.05, 4.69) is 106 Å². The van der Waals surface area contributed by atoms with Crippen LogP contribution in [0.25, 0.3) is 33.4 Å². The van der Waals surface area contributed by atoms with Crippen molar-refractivity contribution in [2.45, 2.75) is 69.2 Å². The normalized spacial score (nSPS) is 10.4. The van der Waals surface area contributed by atoms with Crippen LogP contribution in [0.2, 0.25) is 0 Å². The third-order valence-corrected chi connectivity index (χ3v) is 10.9. The molecule has 0 fully saturated rings.